The Kier molecular flexibility index (Phi) is 2.74. The molecule has 0 spiro atoms. The molecule has 0 aliphatic carbocycles. The lowest BCUT2D eigenvalue weighted by atomic mass is 10.3. The number of carbonyl (C=O) groups excluding carboxylic acids is 1. The van der Waals surface area contributed by atoms with Gasteiger partial charge in [0.15, 0.2) is 6.23 Å². The number of hydroxylamine groups is 2. The van der Waals surface area contributed by atoms with E-state index in [9.17, 15) is 9.36 Å². The lowest BCUT2D eigenvalue weighted by Gasteiger charge is -2.14. The van der Waals surface area contributed by atoms with Crippen molar-refractivity contribution in [2.45, 2.75) is 18.3 Å². The van der Waals surface area contributed by atoms with Gasteiger partial charge in [0.05, 0.1) is 0 Å². The Hall–Kier alpha value is -0.460. The van der Waals surface area contributed by atoms with Gasteiger partial charge >= 0.3 is 7.60 Å². The molecule has 0 aromatic carbocycles. The van der Waals surface area contributed by atoms with Gasteiger partial charge in [0.1, 0.15) is 5.66 Å². The fourth-order valence-corrected chi connectivity index (χ4v) is 2.02. The smallest absolute Gasteiger partial charge is 0.338 e. The Morgan fingerprint density at radius 2 is 2.15 bits per heavy atom. The SMILES string of the molecule is CO[C@H]1C[C@H](P(=O)(O)O)C(=O)N1O. The van der Waals surface area contributed by atoms with Crippen LogP contribution in [-0.2, 0) is 14.1 Å². The van der Waals surface area contributed by atoms with Gasteiger partial charge in [0.25, 0.3) is 5.91 Å². The third kappa shape index (κ3) is 1.90. The lowest BCUT2D eigenvalue weighted by molar-refractivity contribution is -0.196. The van der Waals surface area contributed by atoms with Crippen LogP contribution in [0.1, 0.15) is 6.42 Å². The molecule has 1 fully saturated rings. The van der Waals surface area contributed by atoms with Crippen LogP contribution in [-0.4, -0.2) is 45.0 Å². The molecule has 1 rings (SSSR count). The summed E-state index contributed by atoms with van der Waals surface area (Å²) in [7, 11) is -3.25. The maximum atomic E-state index is 11.0. The molecule has 7 nitrogen and oxygen atoms in total. The first kappa shape index (κ1) is 10.6. The van der Waals surface area contributed by atoms with Crippen LogP contribution in [0.5, 0.6) is 0 Å². The molecule has 0 radical (unpaired) electrons. The van der Waals surface area contributed by atoms with Gasteiger partial charge in [-0.1, -0.05) is 0 Å². The van der Waals surface area contributed by atoms with E-state index in [1.54, 1.807) is 0 Å². The first-order valence-electron chi connectivity index (χ1n) is 3.48. The molecule has 0 saturated carbocycles. The Bertz CT molecular complexity index is 262. The Morgan fingerprint density at radius 3 is 2.38 bits per heavy atom. The van der Waals surface area contributed by atoms with Crippen molar-refractivity contribution in [3.63, 3.8) is 0 Å². The zero-order valence-corrected chi connectivity index (χ0v) is 7.72. The van der Waals surface area contributed by atoms with E-state index in [2.05, 4.69) is 4.74 Å². The molecule has 1 aliphatic heterocycles. The van der Waals surface area contributed by atoms with Crippen LogP contribution in [0, 0.1) is 0 Å². The predicted molar refractivity (Wildman–Crippen MR) is 39.9 cm³/mol. The van der Waals surface area contributed by atoms with Crippen molar-refractivity contribution >= 4 is 13.5 Å². The molecule has 13 heavy (non-hydrogen) atoms. The van der Waals surface area contributed by atoms with Crippen LogP contribution in [0.2, 0.25) is 0 Å². The highest BCUT2D eigenvalue weighted by Crippen LogP contribution is 2.47. The van der Waals surface area contributed by atoms with Gasteiger partial charge in [-0.05, 0) is 0 Å². The summed E-state index contributed by atoms with van der Waals surface area (Å²) < 4.78 is 15.4. The predicted octanol–water partition coefficient (Wildman–Crippen LogP) is -0.873. The number of rotatable bonds is 2. The van der Waals surface area contributed by atoms with Gasteiger partial charge in [-0.15, -0.1) is 0 Å². The number of methoxy groups -OCH3 is 1. The number of hydrogen-bond acceptors (Lipinski definition) is 4. The van der Waals surface area contributed by atoms with Crippen molar-refractivity contribution in [1.82, 2.24) is 5.06 Å². The summed E-state index contributed by atoms with van der Waals surface area (Å²) in [4.78, 5) is 28.5. The maximum Gasteiger partial charge on any atom is 0.338 e. The van der Waals surface area contributed by atoms with Crippen molar-refractivity contribution in [3.05, 3.63) is 0 Å². The second-order valence-corrected chi connectivity index (χ2v) is 4.52. The Balaban J connectivity index is 2.84. The fourth-order valence-electron chi connectivity index (χ4n) is 1.16. The van der Waals surface area contributed by atoms with E-state index in [0.717, 1.165) is 0 Å². The molecule has 1 aliphatic rings. The second kappa shape index (κ2) is 3.36. The summed E-state index contributed by atoms with van der Waals surface area (Å²) in [5.41, 5.74) is -1.48. The normalized spacial score (nSPS) is 29.8. The largest absolute Gasteiger partial charge is 0.359 e. The molecule has 1 saturated heterocycles. The molecule has 76 valence electrons. The summed E-state index contributed by atoms with van der Waals surface area (Å²) in [6, 6.07) is 0. The van der Waals surface area contributed by atoms with Crippen molar-refractivity contribution in [1.29, 1.82) is 0 Å². The zero-order chi connectivity index (χ0) is 10.2. The Labute approximate surface area is 74.0 Å². The highest BCUT2D eigenvalue weighted by Gasteiger charge is 2.48. The van der Waals surface area contributed by atoms with E-state index >= 15 is 0 Å². The van der Waals surface area contributed by atoms with Gasteiger partial charge in [-0.2, -0.15) is 5.06 Å². The summed E-state index contributed by atoms with van der Waals surface area (Å²) in [5.74, 6) is -1.000. The third-order valence-electron chi connectivity index (χ3n) is 1.89. The van der Waals surface area contributed by atoms with Crippen LogP contribution >= 0.6 is 7.60 Å². The monoisotopic (exact) mass is 211 g/mol. The molecule has 0 unspecified atom stereocenters. The summed E-state index contributed by atoms with van der Waals surface area (Å²) >= 11 is 0. The minimum absolute atomic E-state index is 0.198. The minimum atomic E-state index is -4.49. The molecular formula is C5H10NO6P. The number of amides is 1. The first-order valence-corrected chi connectivity index (χ1v) is 5.16. The topological polar surface area (TPSA) is 107 Å². The van der Waals surface area contributed by atoms with Gasteiger partial charge in [0.2, 0.25) is 0 Å². The number of hydrogen-bond donors (Lipinski definition) is 3. The van der Waals surface area contributed by atoms with Crippen LogP contribution in [0.4, 0.5) is 0 Å². The number of ether oxygens (including phenoxy) is 1. The third-order valence-corrected chi connectivity index (χ3v) is 3.13. The van der Waals surface area contributed by atoms with E-state index in [0.29, 0.717) is 0 Å². The van der Waals surface area contributed by atoms with E-state index in [1.807, 2.05) is 0 Å². The molecular weight excluding hydrogens is 201 g/mol. The van der Waals surface area contributed by atoms with Crippen LogP contribution in [0.25, 0.3) is 0 Å². The quantitative estimate of drug-likeness (QED) is 0.404. The van der Waals surface area contributed by atoms with Crippen molar-refractivity contribution in [2.24, 2.45) is 0 Å². The van der Waals surface area contributed by atoms with E-state index in [1.165, 1.54) is 7.11 Å². The van der Waals surface area contributed by atoms with Gasteiger partial charge in [-0.25, -0.2) is 0 Å². The van der Waals surface area contributed by atoms with Crippen molar-refractivity contribution in [2.75, 3.05) is 7.11 Å². The number of carbonyl (C=O) groups is 1. The molecule has 0 aromatic rings. The molecule has 0 aromatic heterocycles. The standard InChI is InChI=1S/C5H10NO6P/c1-12-4-2-3(13(9,10)11)5(7)6(4)8/h3-4,8H,2H2,1H3,(H2,9,10,11)/t3-,4-/m0/s1. The average molecular weight is 211 g/mol. The number of nitrogens with zero attached hydrogens (tertiary/aromatic N) is 1. The molecule has 8 heteroatoms. The molecule has 1 heterocycles. The minimum Gasteiger partial charge on any atom is -0.359 e. The molecule has 0 bridgehead atoms. The molecule has 1 amide bonds. The lowest BCUT2D eigenvalue weighted by Crippen LogP contribution is -2.32. The van der Waals surface area contributed by atoms with Gasteiger partial charge in [0, 0.05) is 13.5 Å². The van der Waals surface area contributed by atoms with Crippen molar-refractivity contribution in [3.8, 4) is 0 Å². The van der Waals surface area contributed by atoms with E-state index in [-0.39, 0.29) is 11.5 Å². The molecule has 2 atom stereocenters. The first-order chi connectivity index (χ1) is 5.88. The fraction of sp³-hybridized carbons (Fsp3) is 0.800. The van der Waals surface area contributed by atoms with Gasteiger partial charge < -0.3 is 14.5 Å². The highest BCUT2D eigenvalue weighted by atomic mass is 31.2. The zero-order valence-electron chi connectivity index (χ0n) is 6.82. The highest BCUT2D eigenvalue weighted by molar-refractivity contribution is 7.53. The van der Waals surface area contributed by atoms with E-state index in [4.69, 9.17) is 15.0 Å². The maximum absolute atomic E-state index is 11.0. The Morgan fingerprint density at radius 1 is 1.62 bits per heavy atom. The van der Waals surface area contributed by atoms with E-state index < -0.39 is 25.4 Å². The second-order valence-electron chi connectivity index (χ2n) is 2.71. The van der Waals surface area contributed by atoms with Crippen LogP contribution < -0.4 is 0 Å². The van der Waals surface area contributed by atoms with Crippen LogP contribution in [0.15, 0.2) is 0 Å². The summed E-state index contributed by atoms with van der Waals surface area (Å²) in [6.07, 6.45) is -1.17. The molecule has 3 N–H and O–H groups in total. The van der Waals surface area contributed by atoms with Gasteiger partial charge in [-0.3, -0.25) is 14.6 Å². The summed E-state index contributed by atoms with van der Waals surface area (Å²) in [5, 5.41) is 9.22. The summed E-state index contributed by atoms with van der Waals surface area (Å²) in [6.45, 7) is 0. The van der Waals surface area contributed by atoms with Crippen LogP contribution in [0.3, 0.4) is 0 Å². The van der Waals surface area contributed by atoms with Crippen molar-refractivity contribution < 1.29 is 29.1 Å². The average Bonchev–Trinajstić information content (AvgIpc) is 2.28.